The maximum Gasteiger partial charge on any atom is 0.129 e. The topological polar surface area (TPSA) is 12.0 Å². The quantitative estimate of drug-likeness (QED) is 0.901. The molecule has 1 nitrogen and oxygen atoms in total. The second-order valence-corrected chi connectivity index (χ2v) is 6.05. The van der Waals surface area contributed by atoms with Crippen molar-refractivity contribution in [1.82, 2.24) is 5.32 Å². The van der Waals surface area contributed by atoms with Crippen molar-refractivity contribution in [2.45, 2.75) is 37.0 Å². The molecule has 0 amide bonds. The molecule has 0 aliphatic carbocycles. The van der Waals surface area contributed by atoms with E-state index in [2.05, 4.69) is 5.32 Å². The van der Waals surface area contributed by atoms with E-state index in [9.17, 15) is 8.78 Å². The first-order valence-electron chi connectivity index (χ1n) is 6.44. The Kier molecular flexibility index (Phi) is 5.01. The zero-order valence-electron chi connectivity index (χ0n) is 10.6. The minimum atomic E-state index is -0.434. The van der Waals surface area contributed by atoms with E-state index in [-0.39, 0.29) is 11.6 Å². The third-order valence-electron chi connectivity index (χ3n) is 3.52. The lowest BCUT2D eigenvalue weighted by atomic mass is 9.99. The van der Waals surface area contributed by atoms with Crippen LogP contribution < -0.4 is 5.32 Å². The van der Waals surface area contributed by atoms with Crippen LogP contribution in [-0.2, 0) is 6.42 Å². The number of nitrogens with one attached hydrogen (secondary N) is 1. The van der Waals surface area contributed by atoms with E-state index in [1.54, 1.807) is 0 Å². The van der Waals surface area contributed by atoms with Crippen molar-refractivity contribution in [3.05, 3.63) is 35.4 Å². The van der Waals surface area contributed by atoms with Gasteiger partial charge in [-0.1, -0.05) is 12.5 Å². The van der Waals surface area contributed by atoms with Crippen molar-refractivity contribution in [3.8, 4) is 0 Å². The average molecular weight is 271 g/mol. The Labute approximate surface area is 111 Å². The minimum absolute atomic E-state index is 0.140. The summed E-state index contributed by atoms with van der Waals surface area (Å²) in [6.07, 6.45) is 4.03. The van der Waals surface area contributed by atoms with Gasteiger partial charge in [-0.2, -0.15) is 11.8 Å². The largest absolute Gasteiger partial charge is 0.316 e. The van der Waals surface area contributed by atoms with E-state index in [0.29, 0.717) is 11.7 Å². The molecule has 18 heavy (non-hydrogen) atoms. The first-order valence-corrected chi connectivity index (χ1v) is 7.49. The SMILES string of the molecule is CNC(Cc1c(F)cccc1F)C1CCCCS1. The summed E-state index contributed by atoms with van der Waals surface area (Å²) in [5.41, 5.74) is 0.211. The van der Waals surface area contributed by atoms with Crippen LogP contribution in [0.5, 0.6) is 0 Å². The van der Waals surface area contributed by atoms with Gasteiger partial charge in [0, 0.05) is 16.9 Å². The van der Waals surface area contributed by atoms with Crippen molar-refractivity contribution in [2.24, 2.45) is 0 Å². The number of likely N-dealkylation sites (N-methyl/N-ethyl adjacent to an activating group) is 1. The third kappa shape index (κ3) is 3.23. The summed E-state index contributed by atoms with van der Waals surface area (Å²) in [6, 6.07) is 4.22. The van der Waals surface area contributed by atoms with E-state index in [4.69, 9.17) is 0 Å². The van der Waals surface area contributed by atoms with Gasteiger partial charge in [0.05, 0.1) is 0 Å². The van der Waals surface area contributed by atoms with Crippen LogP contribution in [0.1, 0.15) is 24.8 Å². The number of halogens is 2. The molecule has 1 heterocycles. The van der Waals surface area contributed by atoms with Crippen molar-refractivity contribution < 1.29 is 8.78 Å². The van der Waals surface area contributed by atoms with E-state index in [0.717, 1.165) is 12.2 Å². The highest BCUT2D eigenvalue weighted by Gasteiger charge is 2.25. The summed E-state index contributed by atoms with van der Waals surface area (Å²) < 4.78 is 27.3. The predicted molar refractivity (Wildman–Crippen MR) is 73.0 cm³/mol. The van der Waals surface area contributed by atoms with Gasteiger partial charge in [0.15, 0.2) is 0 Å². The van der Waals surface area contributed by atoms with E-state index in [1.165, 1.54) is 31.0 Å². The zero-order valence-corrected chi connectivity index (χ0v) is 11.4. The van der Waals surface area contributed by atoms with Gasteiger partial charge >= 0.3 is 0 Å². The van der Waals surface area contributed by atoms with Gasteiger partial charge in [-0.15, -0.1) is 0 Å². The summed E-state index contributed by atoms with van der Waals surface area (Å²) >= 11 is 1.92. The van der Waals surface area contributed by atoms with Gasteiger partial charge < -0.3 is 5.32 Å². The molecule has 1 aromatic carbocycles. The molecule has 1 aromatic rings. The lowest BCUT2D eigenvalue weighted by molar-refractivity contribution is 0.469. The molecule has 1 saturated heterocycles. The van der Waals surface area contributed by atoms with Crippen LogP contribution in [0.25, 0.3) is 0 Å². The normalized spacial score (nSPS) is 21.8. The standard InChI is InChI=1S/C14H19F2NS/c1-17-13(14-7-2-3-8-18-14)9-10-11(15)5-4-6-12(10)16/h4-6,13-14,17H,2-3,7-9H2,1H3. The summed E-state index contributed by atoms with van der Waals surface area (Å²) in [7, 11) is 1.87. The van der Waals surface area contributed by atoms with Crippen molar-refractivity contribution in [3.63, 3.8) is 0 Å². The zero-order chi connectivity index (χ0) is 13.0. The number of hydrogen-bond acceptors (Lipinski definition) is 2. The fourth-order valence-electron chi connectivity index (χ4n) is 2.45. The monoisotopic (exact) mass is 271 g/mol. The Balaban J connectivity index is 2.09. The van der Waals surface area contributed by atoms with E-state index in [1.807, 2.05) is 18.8 Å². The Hall–Kier alpha value is -0.610. The van der Waals surface area contributed by atoms with E-state index >= 15 is 0 Å². The Morgan fingerprint density at radius 3 is 2.61 bits per heavy atom. The molecule has 0 radical (unpaired) electrons. The molecule has 2 atom stereocenters. The molecule has 1 fully saturated rings. The summed E-state index contributed by atoms with van der Waals surface area (Å²) in [6.45, 7) is 0. The van der Waals surface area contributed by atoms with Crippen molar-refractivity contribution in [2.75, 3.05) is 12.8 Å². The number of thioether (sulfide) groups is 1. The Bertz CT molecular complexity index is 371. The van der Waals surface area contributed by atoms with E-state index < -0.39 is 11.6 Å². The predicted octanol–water partition coefficient (Wildman–Crippen LogP) is 3.38. The van der Waals surface area contributed by atoms with Gasteiger partial charge in [0.25, 0.3) is 0 Å². The minimum Gasteiger partial charge on any atom is -0.316 e. The second-order valence-electron chi connectivity index (χ2n) is 4.70. The molecule has 0 spiro atoms. The van der Waals surface area contributed by atoms with Crippen LogP contribution in [0.3, 0.4) is 0 Å². The number of benzene rings is 1. The number of hydrogen-bond donors (Lipinski definition) is 1. The van der Waals surface area contributed by atoms with Crippen molar-refractivity contribution in [1.29, 1.82) is 0 Å². The fraction of sp³-hybridized carbons (Fsp3) is 0.571. The Morgan fingerprint density at radius 2 is 2.06 bits per heavy atom. The Morgan fingerprint density at radius 1 is 1.33 bits per heavy atom. The van der Waals surface area contributed by atoms with Crippen LogP contribution in [0.4, 0.5) is 8.78 Å². The second kappa shape index (κ2) is 6.53. The fourth-order valence-corrected chi connectivity index (χ4v) is 3.92. The molecule has 1 N–H and O–H groups in total. The van der Waals surface area contributed by atoms with Gasteiger partial charge in [-0.25, -0.2) is 8.78 Å². The summed E-state index contributed by atoms with van der Waals surface area (Å²) in [5, 5.41) is 3.68. The first kappa shape index (κ1) is 13.8. The first-order chi connectivity index (χ1) is 8.72. The number of rotatable bonds is 4. The molecule has 1 aliphatic rings. The average Bonchev–Trinajstić information content (AvgIpc) is 2.40. The van der Waals surface area contributed by atoms with Crippen LogP contribution in [-0.4, -0.2) is 24.1 Å². The molecule has 0 bridgehead atoms. The molecular weight excluding hydrogens is 252 g/mol. The summed E-state index contributed by atoms with van der Waals surface area (Å²) in [5.74, 6) is 0.287. The molecule has 2 rings (SSSR count). The lowest BCUT2D eigenvalue weighted by Crippen LogP contribution is -2.39. The van der Waals surface area contributed by atoms with Gasteiger partial charge in [0.1, 0.15) is 11.6 Å². The molecular formula is C14H19F2NS. The molecule has 4 heteroatoms. The van der Waals surface area contributed by atoms with Crippen LogP contribution in [0.15, 0.2) is 18.2 Å². The third-order valence-corrected chi connectivity index (χ3v) is 5.04. The maximum absolute atomic E-state index is 13.6. The van der Waals surface area contributed by atoms with Gasteiger partial charge in [-0.05, 0) is 44.2 Å². The lowest BCUT2D eigenvalue weighted by Gasteiger charge is -2.29. The highest BCUT2D eigenvalue weighted by molar-refractivity contribution is 8.00. The van der Waals surface area contributed by atoms with Gasteiger partial charge in [0.2, 0.25) is 0 Å². The smallest absolute Gasteiger partial charge is 0.129 e. The summed E-state index contributed by atoms with van der Waals surface area (Å²) in [4.78, 5) is 0. The highest BCUT2D eigenvalue weighted by Crippen LogP contribution is 2.29. The molecule has 0 aromatic heterocycles. The maximum atomic E-state index is 13.6. The molecule has 1 aliphatic heterocycles. The molecule has 2 unspecified atom stereocenters. The van der Waals surface area contributed by atoms with Crippen LogP contribution in [0, 0.1) is 11.6 Å². The highest BCUT2D eigenvalue weighted by atomic mass is 32.2. The van der Waals surface area contributed by atoms with Crippen LogP contribution in [0.2, 0.25) is 0 Å². The van der Waals surface area contributed by atoms with Gasteiger partial charge in [-0.3, -0.25) is 0 Å². The van der Waals surface area contributed by atoms with Crippen molar-refractivity contribution >= 4 is 11.8 Å². The molecule has 0 saturated carbocycles. The van der Waals surface area contributed by atoms with Crippen LogP contribution >= 0.6 is 11.8 Å². The molecule has 100 valence electrons.